The molecule has 25 heavy (non-hydrogen) atoms. The first-order chi connectivity index (χ1) is 12.2. The fourth-order valence-corrected chi connectivity index (χ4v) is 4.21. The van der Waals surface area contributed by atoms with E-state index in [4.69, 9.17) is 0 Å². The van der Waals surface area contributed by atoms with Gasteiger partial charge in [0.2, 0.25) is 5.91 Å². The molecule has 1 aliphatic carbocycles. The second-order valence-electron chi connectivity index (χ2n) is 7.32. The summed E-state index contributed by atoms with van der Waals surface area (Å²) >= 11 is 0. The Hall–Kier alpha value is -2.30. The Morgan fingerprint density at radius 3 is 2.92 bits per heavy atom. The standard InChI is InChI=1S/C20H24N4O/c1-14-18-11-17(2-3-19(18)23-13-22-14)20(25)24-9-6-16(12-24)10-15-4-7-21-8-5-15/h4-5,7-8,13,16-17H,2-3,6,9-12H2,1H3. The van der Waals surface area contributed by atoms with Crippen LogP contribution in [0.15, 0.2) is 30.9 Å². The molecule has 4 rings (SSSR count). The van der Waals surface area contributed by atoms with Crippen molar-refractivity contribution in [3.63, 3.8) is 0 Å². The normalized spacial score (nSPS) is 22.7. The summed E-state index contributed by atoms with van der Waals surface area (Å²) in [7, 11) is 0. The minimum atomic E-state index is 0.0943. The van der Waals surface area contributed by atoms with Gasteiger partial charge in [-0.2, -0.15) is 0 Å². The summed E-state index contributed by atoms with van der Waals surface area (Å²) in [6, 6.07) is 4.15. The third-order valence-corrected chi connectivity index (χ3v) is 5.65. The summed E-state index contributed by atoms with van der Waals surface area (Å²) < 4.78 is 0. The lowest BCUT2D eigenvalue weighted by molar-refractivity contribution is -0.135. The molecule has 0 bridgehead atoms. The quantitative estimate of drug-likeness (QED) is 0.863. The maximum absolute atomic E-state index is 13.0. The van der Waals surface area contributed by atoms with Gasteiger partial charge < -0.3 is 4.90 Å². The van der Waals surface area contributed by atoms with E-state index in [9.17, 15) is 4.79 Å². The minimum Gasteiger partial charge on any atom is -0.342 e. The Morgan fingerprint density at radius 2 is 2.08 bits per heavy atom. The molecule has 0 radical (unpaired) electrons. The molecule has 0 aromatic carbocycles. The number of carbonyl (C=O) groups excluding carboxylic acids is 1. The van der Waals surface area contributed by atoms with Crippen molar-refractivity contribution in [3.05, 3.63) is 53.4 Å². The molecule has 1 saturated heterocycles. The molecule has 1 amide bonds. The van der Waals surface area contributed by atoms with Gasteiger partial charge in [-0.3, -0.25) is 9.78 Å². The number of hydrogen-bond donors (Lipinski definition) is 0. The molecule has 130 valence electrons. The van der Waals surface area contributed by atoms with E-state index in [-0.39, 0.29) is 5.92 Å². The van der Waals surface area contributed by atoms with Crippen molar-refractivity contribution >= 4 is 5.91 Å². The maximum atomic E-state index is 13.0. The molecule has 2 atom stereocenters. The Labute approximate surface area is 148 Å². The largest absolute Gasteiger partial charge is 0.342 e. The Morgan fingerprint density at radius 1 is 1.24 bits per heavy atom. The summed E-state index contributed by atoms with van der Waals surface area (Å²) in [5.74, 6) is 0.982. The molecule has 0 spiro atoms. The highest BCUT2D eigenvalue weighted by molar-refractivity contribution is 5.79. The number of carbonyl (C=O) groups is 1. The third-order valence-electron chi connectivity index (χ3n) is 5.65. The predicted molar refractivity (Wildman–Crippen MR) is 94.9 cm³/mol. The van der Waals surface area contributed by atoms with Crippen LogP contribution in [0.5, 0.6) is 0 Å². The molecule has 1 fully saturated rings. The van der Waals surface area contributed by atoms with E-state index in [0.717, 1.165) is 56.6 Å². The zero-order valence-corrected chi connectivity index (χ0v) is 14.7. The van der Waals surface area contributed by atoms with Crippen molar-refractivity contribution < 1.29 is 4.79 Å². The van der Waals surface area contributed by atoms with Gasteiger partial charge in [-0.25, -0.2) is 9.97 Å². The zero-order valence-electron chi connectivity index (χ0n) is 14.7. The molecule has 0 saturated carbocycles. The second-order valence-corrected chi connectivity index (χ2v) is 7.32. The van der Waals surface area contributed by atoms with Crippen LogP contribution < -0.4 is 0 Å². The monoisotopic (exact) mass is 336 g/mol. The lowest BCUT2D eigenvalue weighted by atomic mass is 9.85. The molecule has 3 heterocycles. The summed E-state index contributed by atoms with van der Waals surface area (Å²) in [6.07, 6.45) is 10.1. The number of pyridine rings is 1. The van der Waals surface area contributed by atoms with Gasteiger partial charge in [-0.15, -0.1) is 0 Å². The van der Waals surface area contributed by atoms with Gasteiger partial charge in [0.05, 0.1) is 0 Å². The maximum Gasteiger partial charge on any atom is 0.226 e. The van der Waals surface area contributed by atoms with Crippen LogP contribution >= 0.6 is 0 Å². The lowest BCUT2D eigenvalue weighted by Crippen LogP contribution is -2.37. The average molecular weight is 336 g/mol. The number of fused-ring (bicyclic) bond motifs is 1. The van der Waals surface area contributed by atoms with Gasteiger partial charge >= 0.3 is 0 Å². The summed E-state index contributed by atoms with van der Waals surface area (Å²) in [5.41, 5.74) is 4.67. The van der Waals surface area contributed by atoms with E-state index in [2.05, 4.69) is 32.0 Å². The topological polar surface area (TPSA) is 59.0 Å². The molecule has 2 unspecified atom stereocenters. The van der Waals surface area contributed by atoms with Crippen molar-refractivity contribution in [2.24, 2.45) is 11.8 Å². The number of aromatic nitrogens is 3. The van der Waals surface area contributed by atoms with Crippen LogP contribution in [0.25, 0.3) is 0 Å². The number of hydrogen-bond acceptors (Lipinski definition) is 4. The summed E-state index contributed by atoms with van der Waals surface area (Å²) in [5, 5.41) is 0. The smallest absolute Gasteiger partial charge is 0.226 e. The highest BCUT2D eigenvalue weighted by Crippen LogP contribution is 2.29. The van der Waals surface area contributed by atoms with Crippen molar-refractivity contribution in [1.82, 2.24) is 19.9 Å². The van der Waals surface area contributed by atoms with E-state index in [1.165, 1.54) is 11.1 Å². The van der Waals surface area contributed by atoms with E-state index < -0.39 is 0 Å². The number of aryl methyl sites for hydroxylation is 2. The van der Waals surface area contributed by atoms with Crippen LogP contribution in [0.4, 0.5) is 0 Å². The number of likely N-dealkylation sites (tertiary alicyclic amines) is 1. The van der Waals surface area contributed by atoms with Crippen molar-refractivity contribution in [2.75, 3.05) is 13.1 Å². The van der Waals surface area contributed by atoms with Gasteiger partial charge in [-0.05, 0) is 68.2 Å². The van der Waals surface area contributed by atoms with Crippen LogP contribution in [-0.4, -0.2) is 38.8 Å². The molecular weight excluding hydrogens is 312 g/mol. The van der Waals surface area contributed by atoms with E-state index in [1.807, 2.05) is 19.3 Å². The van der Waals surface area contributed by atoms with E-state index in [0.29, 0.717) is 11.8 Å². The predicted octanol–water partition coefficient (Wildman–Crippen LogP) is 2.38. The first kappa shape index (κ1) is 16.2. The van der Waals surface area contributed by atoms with Gasteiger partial charge in [0.1, 0.15) is 6.33 Å². The minimum absolute atomic E-state index is 0.0943. The van der Waals surface area contributed by atoms with Crippen LogP contribution in [-0.2, 0) is 24.1 Å². The molecule has 5 nitrogen and oxygen atoms in total. The van der Waals surface area contributed by atoms with Crippen LogP contribution in [0.1, 0.15) is 35.4 Å². The fourth-order valence-electron chi connectivity index (χ4n) is 4.21. The highest BCUT2D eigenvalue weighted by Gasteiger charge is 2.33. The molecule has 2 aromatic heterocycles. The zero-order chi connectivity index (χ0) is 17.2. The van der Waals surface area contributed by atoms with Crippen LogP contribution in [0.2, 0.25) is 0 Å². The van der Waals surface area contributed by atoms with E-state index >= 15 is 0 Å². The summed E-state index contributed by atoms with van der Waals surface area (Å²) in [4.78, 5) is 27.8. The SMILES string of the molecule is Cc1ncnc2c1CC(C(=O)N1CCC(Cc3ccncc3)C1)CC2. The highest BCUT2D eigenvalue weighted by atomic mass is 16.2. The van der Waals surface area contributed by atoms with Crippen molar-refractivity contribution in [2.45, 2.75) is 39.0 Å². The Kier molecular flexibility index (Phi) is 4.47. The Bertz CT molecular complexity index is 762. The first-order valence-corrected chi connectivity index (χ1v) is 9.17. The average Bonchev–Trinajstić information content (AvgIpc) is 3.10. The Balaban J connectivity index is 1.38. The fraction of sp³-hybridized carbons (Fsp3) is 0.500. The summed E-state index contributed by atoms with van der Waals surface area (Å²) in [6.45, 7) is 3.80. The van der Waals surface area contributed by atoms with Gasteiger partial charge in [-0.1, -0.05) is 0 Å². The van der Waals surface area contributed by atoms with Crippen LogP contribution in [0, 0.1) is 18.8 Å². The second kappa shape index (κ2) is 6.90. The van der Waals surface area contributed by atoms with Gasteiger partial charge in [0, 0.05) is 42.8 Å². The third kappa shape index (κ3) is 3.41. The van der Waals surface area contributed by atoms with Gasteiger partial charge in [0.25, 0.3) is 0 Å². The van der Waals surface area contributed by atoms with E-state index in [1.54, 1.807) is 6.33 Å². The van der Waals surface area contributed by atoms with Crippen molar-refractivity contribution in [3.8, 4) is 0 Å². The van der Waals surface area contributed by atoms with Crippen molar-refractivity contribution in [1.29, 1.82) is 0 Å². The van der Waals surface area contributed by atoms with Gasteiger partial charge in [0.15, 0.2) is 0 Å². The molecular formula is C20H24N4O. The molecule has 2 aliphatic rings. The molecule has 0 N–H and O–H groups in total. The first-order valence-electron chi connectivity index (χ1n) is 9.17. The molecule has 1 aliphatic heterocycles. The number of rotatable bonds is 3. The molecule has 5 heteroatoms. The number of amides is 1. The molecule has 2 aromatic rings. The number of nitrogens with zero attached hydrogens (tertiary/aromatic N) is 4. The lowest BCUT2D eigenvalue weighted by Gasteiger charge is -2.28. The van der Waals surface area contributed by atoms with Crippen LogP contribution in [0.3, 0.4) is 0 Å².